The Balaban J connectivity index is 0.000000241. The van der Waals surface area contributed by atoms with Gasteiger partial charge in [-0.3, -0.25) is 4.79 Å². The van der Waals surface area contributed by atoms with Crippen molar-refractivity contribution in [1.29, 1.82) is 0 Å². The van der Waals surface area contributed by atoms with Gasteiger partial charge >= 0.3 is 0 Å². The van der Waals surface area contributed by atoms with Gasteiger partial charge in [-0.05, 0) is 24.9 Å². The Kier molecular flexibility index (Phi) is 8.18. The molecule has 84 valence electrons. The maximum atomic E-state index is 10.3. The highest BCUT2D eigenvalue weighted by Gasteiger charge is 2.04. The number of carbonyl (C=O) groups is 1. The van der Waals surface area contributed by atoms with Crippen molar-refractivity contribution in [2.24, 2.45) is 0 Å². The van der Waals surface area contributed by atoms with E-state index in [9.17, 15) is 4.79 Å². The molecule has 0 bridgehead atoms. The quantitative estimate of drug-likeness (QED) is 0.577. The third-order valence-corrected chi connectivity index (χ3v) is 6.93. The predicted molar refractivity (Wildman–Crippen MR) is 72.7 cm³/mol. The van der Waals surface area contributed by atoms with E-state index < -0.39 is 0 Å². The lowest BCUT2D eigenvalue weighted by molar-refractivity contribution is -0.120. The first-order valence-electron chi connectivity index (χ1n) is 4.90. The van der Waals surface area contributed by atoms with Crippen LogP contribution in [-0.2, 0) is 4.79 Å². The number of hydrogen-bond acceptors (Lipinski definition) is 1. The van der Waals surface area contributed by atoms with Gasteiger partial charge in [-0.1, -0.05) is 18.7 Å². The minimum atomic E-state index is 0.127. The summed E-state index contributed by atoms with van der Waals surface area (Å²) < 4.78 is 0. The van der Waals surface area contributed by atoms with Crippen molar-refractivity contribution < 1.29 is 4.79 Å². The van der Waals surface area contributed by atoms with E-state index in [4.69, 9.17) is 0 Å². The van der Waals surface area contributed by atoms with Crippen molar-refractivity contribution in [3.8, 4) is 0 Å². The van der Waals surface area contributed by atoms with Crippen LogP contribution in [0.3, 0.4) is 0 Å². The fourth-order valence-corrected chi connectivity index (χ4v) is 4.65. The molecule has 0 aliphatic carbocycles. The second-order valence-corrected chi connectivity index (χ2v) is 8.35. The summed E-state index contributed by atoms with van der Waals surface area (Å²) in [6.07, 6.45) is 1.97. The van der Waals surface area contributed by atoms with Crippen molar-refractivity contribution in [2.45, 2.75) is 26.7 Å². The molecule has 1 heterocycles. The fourth-order valence-electron chi connectivity index (χ4n) is 0.939. The van der Waals surface area contributed by atoms with Crippen LogP contribution >= 0.6 is 19.0 Å². The summed E-state index contributed by atoms with van der Waals surface area (Å²) in [5.41, 5.74) is 0. The van der Waals surface area contributed by atoms with E-state index in [0.717, 1.165) is 6.54 Å². The minimum absolute atomic E-state index is 0.127. The van der Waals surface area contributed by atoms with Crippen LogP contribution in [0.15, 0.2) is 0 Å². The zero-order chi connectivity index (χ0) is 11.0. The van der Waals surface area contributed by atoms with E-state index >= 15 is 0 Å². The summed E-state index contributed by atoms with van der Waals surface area (Å²) in [5, 5.41) is 2.66. The molecule has 0 radical (unpaired) electrons. The molecule has 0 aromatic rings. The van der Waals surface area contributed by atoms with Crippen LogP contribution in [0.25, 0.3) is 0 Å². The molecular formula is C10H21NOS2. The van der Waals surface area contributed by atoms with Gasteiger partial charge in [0.25, 0.3) is 0 Å². The maximum Gasteiger partial charge on any atom is 0.219 e. The molecule has 1 amide bonds. The highest BCUT2D eigenvalue weighted by Crippen LogP contribution is 2.41. The third kappa shape index (κ3) is 6.38. The normalized spacial score (nSPS) is 25.0. The van der Waals surface area contributed by atoms with E-state index in [1.165, 1.54) is 17.9 Å². The number of amides is 1. The number of carbonyl (C=O) groups excluding carboxylic acids is 1. The Bertz CT molecular complexity index is 212. The average Bonchev–Trinajstić information content (AvgIpc) is 2.52. The van der Waals surface area contributed by atoms with E-state index in [1.807, 2.05) is 13.8 Å². The van der Waals surface area contributed by atoms with Gasteiger partial charge in [-0.2, -0.15) is 0 Å². The average molecular weight is 235 g/mol. The molecule has 1 aliphatic rings. The fraction of sp³-hybridized carbons (Fsp3) is 0.700. The standard InChI is InChI=1S/C5H11NO.C5H10S2/c1-3-5(7)6-4-2;1-6-4-3-5-7(6)2/h3-4H2,1-2H3,(H,6,7);1-5H2. The molecule has 1 saturated heterocycles. The smallest absolute Gasteiger partial charge is 0.219 e. The molecule has 1 N–H and O–H groups in total. The highest BCUT2D eigenvalue weighted by atomic mass is 33.1. The second-order valence-electron chi connectivity index (χ2n) is 2.95. The van der Waals surface area contributed by atoms with Crippen molar-refractivity contribution in [3.63, 3.8) is 0 Å². The molecule has 0 saturated carbocycles. The van der Waals surface area contributed by atoms with Gasteiger partial charge in [-0.25, -0.2) is 0 Å². The molecular weight excluding hydrogens is 214 g/mol. The molecule has 4 heteroatoms. The first kappa shape index (κ1) is 13.9. The lowest BCUT2D eigenvalue weighted by Gasteiger charge is -1.93. The SMILES string of the molecule is C=S1CCCS1=C.CCNC(=O)CC. The Morgan fingerprint density at radius 3 is 1.93 bits per heavy atom. The molecule has 14 heavy (non-hydrogen) atoms. The molecule has 2 nitrogen and oxygen atoms in total. The zero-order valence-corrected chi connectivity index (χ0v) is 10.8. The van der Waals surface area contributed by atoms with Gasteiger partial charge in [0.15, 0.2) is 0 Å². The van der Waals surface area contributed by atoms with Gasteiger partial charge < -0.3 is 5.32 Å². The van der Waals surface area contributed by atoms with Crippen molar-refractivity contribution >= 4 is 36.7 Å². The summed E-state index contributed by atoms with van der Waals surface area (Å²) in [4.78, 5) is 10.3. The van der Waals surface area contributed by atoms with Crippen LogP contribution in [0.1, 0.15) is 26.7 Å². The van der Waals surface area contributed by atoms with Crippen molar-refractivity contribution in [3.05, 3.63) is 0 Å². The van der Waals surface area contributed by atoms with Gasteiger partial charge in [0.2, 0.25) is 5.91 Å². The van der Waals surface area contributed by atoms with Gasteiger partial charge in [0.1, 0.15) is 0 Å². The van der Waals surface area contributed by atoms with Crippen LogP contribution in [0.4, 0.5) is 0 Å². The first-order valence-corrected chi connectivity index (χ1v) is 8.54. The molecule has 0 aromatic carbocycles. The lowest BCUT2D eigenvalue weighted by atomic mass is 10.4. The van der Waals surface area contributed by atoms with Gasteiger partial charge in [0, 0.05) is 13.0 Å². The monoisotopic (exact) mass is 235 g/mol. The Labute approximate surface area is 91.7 Å². The lowest BCUT2D eigenvalue weighted by Crippen LogP contribution is -2.20. The molecule has 2 unspecified atom stereocenters. The Morgan fingerprint density at radius 2 is 1.79 bits per heavy atom. The van der Waals surface area contributed by atoms with Gasteiger partial charge in [-0.15, -0.1) is 19.0 Å². The predicted octanol–water partition coefficient (Wildman–Crippen LogP) is 2.24. The van der Waals surface area contributed by atoms with Crippen LogP contribution < -0.4 is 5.32 Å². The molecule has 0 spiro atoms. The summed E-state index contributed by atoms with van der Waals surface area (Å²) in [6, 6.07) is 0. The second kappa shape index (κ2) is 8.24. The molecule has 1 fully saturated rings. The van der Waals surface area contributed by atoms with Crippen molar-refractivity contribution in [2.75, 3.05) is 18.1 Å². The van der Waals surface area contributed by atoms with E-state index in [0.29, 0.717) is 25.5 Å². The summed E-state index contributed by atoms with van der Waals surface area (Å²) in [5.74, 6) is 10.8. The van der Waals surface area contributed by atoms with Gasteiger partial charge in [0.05, 0.1) is 0 Å². The summed E-state index contributed by atoms with van der Waals surface area (Å²) in [6.45, 7) is 4.49. The Morgan fingerprint density at radius 1 is 1.29 bits per heavy atom. The number of nitrogens with one attached hydrogen (secondary N) is 1. The highest BCUT2D eigenvalue weighted by molar-refractivity contribution is 8.89. The first-order chi connectivity index (χ1) is 6.61. The Hall–Kier alpha value is -0.0900. The molecule has 1 rings (SSSR count). The minimum Gasteiger partial charge on any atom is -0.356 e. The van der Waals surface area contributed by atoms with Crippen LogP contribution in [0.2, 0.25) is 0 Å². The maximum absolute atomic E-state index is 10.3. The third-order valence-electron chi connectivity index (χ3n) is 1.77. The summed E-state index contributed by atoms with van der Waals surface area (Å²) in [7, 11) is 0.898. The number of rotatable bonds is 2. The molecule has 0 aromatic heterocycles. The topological polar surface area (TPSA) is 29.1 Å². The van der Waals surface area contributed by atoms with E-state index in [2.05, 4.69) is 17.1 Å². The van der Waals surface area contributed by atoms with E-state index in [-0.39, 0.29) is 5.91 Å². The number of hydrogen-bond donors (Lipinski definition) is 1. The zero-order valence-electron chi connectivity index (χ0n) is 9.17. The largest absolute Gasteiger partial charge is 0.356 e. The van der Waals surface area contributed by atoms with Crippen LogP contribution in [-0.4, -0.2) is 35.7 Å². The van der Waals surface area contributed by atoms with E-state index in [1.54, 1.807) is 0 Å². The molecule has 2 atom stereocenters. The molecule has 1 aliphatic heterocycles. The summed E-state index contributed by atoms with van der Waals surface area (Å²) >= 11 is 0. The van der Waals surface area contributed by atoms with Crippen LogP contribution in [0.5, 0.6) is 0 Å². The van der Waals surface area contributed by atoms with Crippen molar-refractivity contribution in [1.82, 2.24) is 5.32 Å². The van der Waals surface area contributed by atoms with Crippen LogP contribution in [0, 0.1) is 0 Å².